The standard InChI is InChI=1S/C22H24ClFN2O5/c1-30-22(29)15-2-5-18(6-3-15)31-14-17(27)13-25-8-10-26(11-9-25)21(28)19-7-4-16(23)12-20(19)24/h2-7,12,17,27H,8-11,13-14H2,1H3. The molecule has 0 aliphatic carbocycles. The van der Waals surface area contributed by atoms with Crippen molar-refractivity contribution in [2.75, 3.05) is 46.4 Å². The maximum atomic E-state index is 14.0. The van der Waals surface area contributed by atoms with Crippen LogP contribution in [0.4, 0.5) is 4.39 Å². The zero-order valence-corrected chi connectivity index (χ0v) is 17.8. The molecule has 1 atom stereocenters. The highest BCUT2D eigenvalue weighted by atomic mass is 35.5. The van der Waals surface area contributed by atoms with E-state index >= 15 is 0 Å². The van der Waals surface area contributed by atoms with Gasteiger partial charge in [0.2, 0.25) is 0 Å². The summed E-state index contributed by atoms with van der Waals surface area (Å²) in [7, 11) is 1.31. The number of aliphatic hydroxyl groups excluding tert-OH is 1. The van der Waals surface area contributed by atoms with Gasteiger partial charge in [0.05, 0.1) is 18.2 Å². The Morgan fingerprint density at radius 3 is 2.42 bits per heavy atom. The second kappa shape index (κ2) is 10.6. The lowest BCUT2D eigenvalue weighted by atomic mass is 10.1. The molecule has 0 saturated carbocycles. The van der Waals surface area contributed by atoms with E-state index in [4.69, 9.17) is 16.3 Å². The van der Waals surface area contributed by atoms with Crippen LogP contribution in [-0.4, -0.2) is 79.3 Å². The summed E-state index contributed by atoms with van der Waals surface area (Å²) in [6, 6.07) is 10.5. The number of piperazine rings is 1. The van der Waals surface area contributed by atoms with Gasteiger partial charge in [-0.2, -0.15) is 0 Å². The van der Waals surface area contributed by atoms with Gasteiger partial charge in [0.15, 0.2) is 0 Å². The second-order valence-corrected chi connectivity index (χ2v) is 7.63. The number of aliphatic hydroxyl groups is 1. The molecule has 1 N–H and O–H groups in total. The van der Waals surface area contributed by atoms with Crippen molar-refractivity contribution in [2.24, 2.45) is 0 Å². The van der Waals surface area contributed by atoms with Crippen LogP contribution in [0.1, 0.15) is 20.7 Å². The zero-order chi connectivity index (χ0) is 22.4. The van der Waals surface area contributed by atoms with Crippen LogP contribution in [0.25, 0.3) is 0 Å². The average molecular weight is 451 g/mol. The lowest BCUT2D eigenvalue weighted by molar-refractivity contribution is 0.0401. The van der Waals surface area contributed by atoms with Gasteiger partial charge in [-0.3, -0.25) is 9.69 Å². The fraction of sp³-hybridized carbons (Fsp3) is 0.364. The summed E-state index contributed by atoms with van der Waals surface area (Å²) in [5, 5.41) is 10.5. The van der Waals surface area contributed by atoms with Crippen molar-refractivity contribution < 1.29 is 28.6 Å². The van der Waals surface area contributed by atoms with Gasteiger partial charge < -0.3 is 19.5 Å². The van der Waals surface area contributed by atoms with Gasteiger partial charge in [-0.25, -0.2) is 9.18 Å². The fourth-order valence-corrected chi connectivity index (χ4v) is 3.47. The molecule has 2 aromatic carbocycles. The summed E-state index contributed by atoms with van der Waals surface area (Å²) in [5.74, 6) is -0.893. The molecule has 1 aliphatic rings. The van der Waals surface area contributed by atoms with Crippen molar-refractivity contribution in [2.45, 2.75) is 6.10 Å². The quantitative estimate of drug-likeness (QED) is 0.653. The van der Waals surface area contributed by atoms with E-state index < -0.39 is 17.9 Å². The van der Waals surface area contributed by atoms with Crippen LogP contribution in [0.5, 0.6) is 5.75 Å². The number of benzene rings is 2. The number of nitrogens with zero attached hydrogens (tertiary/aromatic N) is 2. The van der Waals surface area contributed by atoms with Gasteiger partial charge >= 0.3 is 5.97 Å². The molecule has 2 aromatic rings. The Morgan fingerprint density at radius 2 is 1.81 bits per heavy atom. The van der Waals surface area contributed by atoms with Crippen LogP contribution in [-0.2, 0) is 4.74 Å². The Labute approximate surface area is 184 Å². The molecule has 0 radical (unpaired) electrons. The highest BCUT2D eigenvalue weighted by Crippen LogP contribution is 2.18. The highest BCUT2D eigenvalue weighted by Gasteiger charge is 2.25. The number of methoxy groups -OCH3 is 1. The number of ether oxygens (including phenoxy) is 2. The summed E-state index contributed by atoms with van der Waals surface area (Å²) in [6.07, 6.45) is -0.726. The summed E-state index contributed by atoms with van der Waals surface area (Å²) < 4.78 is 24.2. The monoisotopic (exact) mass is 450 g/mol. The van der Waals surface area contributed by atoms with Gasteiger partial charge in [0, 0.05) is 37.7 Å². The molecule has 1 heterocycles. The van der Waals surface area contributed by atoms with Crippen LogP contribution in [0.15, 0.2) is 42.5 Å². The van der Waals surface area contributed by atoms with Crippen molar-refractivity contribution in [3.8, 4) is 5.75 Å². The molecule has 0 aromatic heterocycles. The summed E-state index contributed by atoms with van der Waals surface area (Å²) in [5.41, 5.74) is 0.422. The maximum absolute atomic E-state index is 14.0. The lowest BCUT2D eigenvalue weighted by Crippen LogP contribution is -2.51. The lowest BCUT2D eigenvalue weighted by Gasteiger charge is -2.35. The minimum absolute atomic E-state index is 0.00417. The molecule has 1 aliphatic heterocycles. The van der Waals surface area contributed by atoms with E-state index in [2.05, 4.69) is 4.74 Å². The Hall–Kier alpha value is -2.68. The van der Waals surface area contributed by atoms with Gasteiger partial charge in [-0.15, -0.1) is 0 Å². The molecule has 0 bridgehead atoms. The number of rotatable bonds is 7. The topological polar surface area (TPSA) is 79.3 Å². The maximum Gasteiger partial charge on any atom is 0.337 e. The molecule has 3 rings (SSSR count). The molecule has 0 spiro atoms. The Balaban J connectivity index is 1.43. The number of carbonyl (C=O) groups excluding carboxylic acids is 2. The third-order valence-corrected chi connectivity index (χ3v) is 5.24. The number of esters is 1. The van der Waals surface area contributed by atoms with Crippen LogP contribution in [0.3, 0.4) is 0 Å². The predicted octanol–water partition coefficient (Wildman–Crippen LogP) is 2.46. The Kier molecular flexibility index (Phi) is 7.84. The van der Waals surface area contributed by atoms with Crippen molar-refractivity contribution >= 4 is 23.5 Å². The van der Waals surface area contributed by atoms with E-state index in [1.807, 2.05) is 4.90 Å². The number of halogens is 2. The minimum atomic E-state index is -0.726. The normalized spacial score (nSPS) is 15.4. The minimum Gasteiger partial charge on any atom is -0.491 e. The van der Waals surface area contributed by atoms with E-state index in [1.165, 1.54) is 19.2 Å². The number of amides is 1. The Bertz CT molecular complexity index is 917. The number of hydrogen-bond acceptors (Lipinski definition) is 6. The molecular formula is C22H24ClFN2O5. The van der Waals surface area contributed by atoms with E-state index in [-0.39, 0.29) is 23.1 Å². The summed E-state index contributed by atoms with van der Waals surface area (Å²) >= 11 is 5.74. The first-order chi connectivity index (χ1) is 14.9. The Morgan fingerprint density at radius 1 is 1.13 bits per heavy atom. The first-order valence-electron chi connectivity index (χ1n) is 9.83. The first kappa shape index (κ1) is 23.0. The molecule has 9 heteroatoms. The summed E-state index contributed by atoms with van der Waals surface area (Å²) in [4.78, 5) is 27.6. The average Bonchev–Trinajstić information content (AvgIpc) is 2.77. The van der Waals surface area contributed by atoms with E-state index in [0.29, 0.717) is 44.0 Å². The summed E-state index contributed by atoms with van der Waals surface area (Å²) in [6.45, 7) is 2.47. The second-order valence-electron chi connectivity index (χ2n) is 7.20. The third kappa shape index (κ3) is 6.16. The van der Waals surface area contributed by atoms with E-state index in [0.717, 1.165) is 6.07 Å². The van der Waals surface area contributed by atoms with Gasteiger partial charge in [-0.1, -0.05) is 11.6 Å². The van der Waals surface area contributed by atoms with Crippen LogP contribution >= 0.6 is 11.6 Å². The van der Waals surface area contributed by atoms with Crippen molar-refractivity contribution in [1.29, 1.82) is 0 Å². The van der Waals surface area contributed by atoms with Gasteiger partial charge in [0.1, 0.15) is 24.3 Å². The molecular weight excluding hydrogens is 427 g/mol. The largest absolute Gasteiger partial charge is 0.491 e. The molecule has 1 saturated heterocycles. The van der Waals surface area contributed by atoms with Crippen molar-refractivity contribution in [3.05, 3.63) is 64.4 Å². The third-order valence-electron chi connectivity index (χ3n) is 5.01. The molecule has 31 heavy (non-hydrogen) atoms. The predicted molar refractivity (Wildman–Crippen MR) is 113 cm³/mol. The van der Waals surface area contributed by atoms with Crippen LogP contribution in [0.2, 0.25) is 5.02 Å². The number of β-amino-alcohol motifs (C(OH)–C–C–N with tert-alkyl or cyclic N) is 1. The molecule has 1 amide bonds. The van der Waals surface area contributed by atoms with E-state index in [1.54, 1.807) is 29.2 Å². The molecule has 166 valence electrons. The van der Waals surface area contributed by atoms with Gasteiger partial charge in [0.25, 0.3) is 5.91 Å². The zero-order valence-electron chi connectivity index (χ0n) is 17.1. The molecule has 1 fully saturated rings. The first-order valence-corrected chi connectivity index (χ1v) is 10.2. The molecule has 7 nitrogen and oxygen atoms in total. The van der Waals surface area contributed by atoms with E-state index in [9.17, 15) is 19.1 Å². The highest BCUT2D eigenvalue weighted by molar-refractivity contribution is 6.30. The van der Waals surface area contributed by atoms with Crippen LogP contribution in [0, 0.1) is 5.82 Å². The number of carbonyl (C=O) groups is 2. The fourth-order valence-electron chi connectivity index (χ4n) is 3.32. The van der Waals surface area contributed by atoms with Crippen LogP contribution < -0.4 is 4.74 Å². The SMILES string of the molecule is COC(=O)c1ccc(OCC(O)CN2CCN(C(=O)c3ccc(Cl)cc3F)CC2)cc1. The van der Waals surface area contributed by atoms with Crippen molar-refractivity contribution in [1.82, 2.24) is 9.80 Å². The number of hydrogen-bond donors (Lipinski definition) is 1. The van der Waals surface area contributed by atoms with Gasteiger partial charge in [-0.05, 0) is 42.5 Å². The smallest absolute Gasteiger partial charge is 0.337 e. The van der Waals surface area contributed by atoms with Crippen molar-refractivity contribution in [3.63, 3.8) is 0 Å². The molecule has 1 unspecified atom stereocenters.